The summed E-state index contributed by atoms with van der Waals surface area (Å²) in [5.74, 6) is -1.33. The number of aromatic nitrogens is 1. The molecule has 1 rings (SSSR count). The van der Waals surface area contributed by atoms with Gasteiger partial charge in [-0.25, -0.2) is 4.79 Å². The molecule has 0 saturated carbocycles. The minimum Gasteiger partial charge on any atom is -0.542 e. The van der Waals surface area contributed by atoms with Crippen molar-refractivity contribution in [1.29, 1.82) is 0 Å². The maximum absolute atomic E-state index is 13.3. The number of pyridine rings is 1. The second kappa shape index (κ2) is 6.90. The molecule has 0 aliphatic carbocycles. The van der Waals surface area contributed by atoms with Gasteiger partial charge in [0.1, 0.15) is 16.9 Å². The molecule has 23 heavy (non-hydrogen) atoms. The van der Waals surface area contributed by atoms with Crippen molar-refractivity contribution < 1.29 is 27.1 Å². The molecule has 0 spiro atoms. The SMILES string of the molecule is CCOC(=O)c1c(C(C)(C)C)ncc(C(F)(F)F)c1O[Si](C)C. The van der Waals surface area contributed by atoms with Gasteiger partial charge in [-0.2, -0.15) is 13.2 Å². The number of esters is 1. The molecular weight excluding hydrogens is 327 g/mol. The van der Waals surface area contributed by atoms with Crippen molar-refractivity contribution in [3.05, 3.63) is 23.0 Å². The summed E-state index contributed by atoms with van der Waals surface area (Å²) >= 11 is 0. The van der Waals surface area contributed by atoms with Gasteiger partial charge in [0.25, 0.3) is 9.04 Å². The van der Waals surface area contributed by atoms with Crippen molar-refractivity contribution in [1.82, 2.24) is 4.98 Å². The van der Waals surface area contributed by atoms with Crippen LogP contribution in [0.15, 0.2) is 6.20 Å². The Kier molecular flexibility index (Phi) is 5.84. The van der Waals surface area contributed by atoms with Gasteiger partial charge in [0.15, 0.2) is 0 Å². The molecule has 1 aromatic rings. The number of ether oxygens (including phenoxy) is 1. The van der Waals surface area contributed by atoms with Crippen molar-refractivity contribution in [3.63, 3.8) is 0 Å². The number of rotatable bonds is 4. The molecule has 1 aromatic heterocycles. The van der Waals surface area contributed by atoms with E-state index >= 15 is 0 Å². The average molecular weight is 348 g/mol. The van der Waals surface area contributed by atoms with Gasteiger partial charge in [-0.05, 0) is 20.0 Å². The van der Waals surface area contributed by atoms with Crippen LogP contribution in [0, 0.1) is 0 Å². The van der Waals surface area contributed by atoms with Crippen LogP contribution < -0.4 is 4.43 Å². The Hall–Kier alpha value is -1.57. The molecule has 8 heteroatoms. The minimum atomic E-state index is -4.67. The van der Waals surface area contributed by atoms with Crippen molar-refractivity contribution in [2.75, 3.05) is 6.61 Å². The molecule has 0 amide bonds. The number of nitrogens with zero attached hydrogens (tertiary/aromatic N) is 1. The third-order valence-corrected chi connectivity index (χ3v) is 3.45. The Balaban J connectivity index is 3.75. The van der Waals surface area contributed by atoms with Crippen LogP contribution in [0.5, 0.6) is 5.75 Å². The molecule has 1 radical (unpaired) electrons. The van der Waals surface area contributed by atoms with Crippen molar-refractivity contribution in [3.8, 4) is 5.75 Å². The van der Waals surface area contributed by atoms with Crippen molar-refractivity contribution in [2.24, 2.45) is 0 Å². The van der Waals surface area contributed by atoms with Gasteiger partial charge in [-0.3, -0.25) is 4.98 Å². The van der Waals surface area contributed by atoms with Gasteiger partial charge in [0, 0.05) is 11.6 Å². The zero-order chi connectivity index (χ0) is 18.0. The van der Waals surface area contributed by atoms with Gasteiger partial charge < -0.3 is 9.16 Å². The van der Waals surface area contributed by atoms with Crippen molar-refractivity contribution >= 4 is 15.0 Å². The van der Waals surface area contributed by atoms with Crippen LogP contribution in [0.1, 0.15) is 49.3 Å². The lowest BCUT2D eigenvalue weighted by molar-refractivity contribution is -0.138. The third-order valence-electron chi connectivity index (χ3n) is 2.83. The van der Waals surface area contributed by atoms with E-state index in [1.807, 2.05) is 0 Å². The molecule has 0 N–H and O–H groups in total. The fourth-order valence-corrected chi connectivity index (χ4v) is 2.59. The first-order valence-electron chi connectivity index (χ1n) is 7.15. The monoisotopic (exact) mass is 348 g/mol. The smallest absolute Gasteiger partial charge is 0.421 e. The first kappa shape index (κ1) is 19.5. The Morgan fingerprint density at radius 3 is 2.22 bits per heavy atom. The van der Waals surface area contributed by atoms with Crippen LogP contribution in [-0.4, -0.2) is 26.6 Å². The summed E-state index contributed by atoms with van der Waals surface area (Å²) in [4.78, 5) is 16.2. The quantitative estimate of drug-likeness (QED) is 0.604. The van der Waals surface area contributed by atoms with Crippen LogP contribution in [0.4, 0.5) is 13.2 Å². The van der Waals surface area contributed by atoms with E-state index in [-0.39, 0.29) is 17.9 Å². The lowest BCUT2D eigenvalue weighted by atomic mass is 9.87. The second-order valence-electron chi connectivity index (χ2n) is 6.20. The number of halogens is 3. The second-order valence-corrected chi connectivity index (χ2v) is 8.22. The van der Waals surface area contributed by atoms with E-state index in [2.05, 4.69) is 4.98 Å². The largest absolute Gasteiger partial charge is 0.542 e. The lowest BCUT2D eigenvalue weighted by Gasteiger charge is -2.25. The molecule has 0 bridgehead atoms. The molecular formula is C15H21F3NO3Si. The van der Waals surface area contributed by atoms with Gasteiger partial charge in [0.2, 0.25) is 0 Å². The highest BCUT2D eigenvalue weighted by atomic mass is 28.3. The summed E-state index contributed by atoms with van der Waals surface area (Å²) in [6.45, 7) is 10.3. The fraction of sp³-hybridized carbons (Fsp3) is 0.600. The summed E-state index contributed by atoms with van der Waals surface area (Å²) in [7, 11) is -1.54. The van der Waals surface area contributed by atoms with Gasteiger partial charge >= 0.3 is 12.1 Å². The van der Waals surface area contributed by atoms with Gasteiger partial charge in [-0.15, -0.1) is 0 Å². The zero-order valence-electron chi connectivity index (χ0n) is 14.1. The molecule has 0 fully saturated rings. The van der Waals surface area contributed by atoms with E-state index in [1.54, 1.807) is 40.8 Å². The summed E-state index contributed by atoms with van der Waals surface area (Å²) in [5.41, 5.74) is -1.71. The number of carbonyl (C=O) groups excluding carboxylic acids is 1. The van der Waals surface area contributed by atoms with E-state index in [0.717, 1.165) is 6.20 Å². The Morgan fingerprint density at radius 2 is 1.83 bits per heavy atom. The lowest BCUT2D eigenvalue weighted by Crippen LogP contribution is -2.26. The number of carbonyl (C=O) groups is 1. The average Bonchev–Trinajstić information content (AvgIpc) is 2.35. The number of hydrogen-bond donors (Lipinski definition) is 0. The maximum atomic E-state index is 13.3. The molecule has 0 aliphatic rings. The highest BCUT2D eigenvalue weighted by Crippen LogP contribution is 2.41. The first-order valence-corrected chi connectivity index (χ1v) is 9.56. The first-order chi connectivity index (χ1) is 10.4. The Bertz CT molecular complexity index is 581. The van der Waals surface area contributed by atoms with E-state index in [1.165, 1.54) is 0 Å². The molecule has 1 heterocycles. The maximum Gasteiger partial charge on any atom is 0.421 e. The third kappa shape index (κ3) is 4.70. The molecule has 129 valence electrons. The highest BCUT2D eigenvalue weighted by Gasteiger charge is 2.40. The Labute approximate surface area is 135 Å². The molecule has 4 nitrogen and oxygen atoms in total. The van der Waals surface area contributed by atoms with E-state index in [0.29, 0.717) is 0 Å². The predicted octanol–water partition coefficient (Wildman–Crippen LogP) is 4.20. The molecule has 0 aromatic carbocycles. The summed E-state index contributed by atoms with van der Waals surface area (Å²) < 4.78 is 50.3. The van der Waals surface area contributed by atoms with Gasteiger partial charge in [0.05, 0.1) is 12.3 Å². The van der Waals surface area contributed by atoms with E-state index in [4.69, 9.17) is 9.16 Å². The van der Waals surface area contributed by atoms with Gasteiger partial charge in [-0.1, -0.05) is 20.8 Å². The van der Waals surface area contributed by atoms with Crippen LogP contribution in [0.3, 0.4) is 0 Å². The van der Waals surface area contributed by atoms with Crippen molar-refractivity contribution in [2.45, 2.75) is 52.4 Å². The highest BCUT2D eigenvalue weighted by molar-refractivity contribution is 6.49. The summed E-state index contributed by atoms with van der Waals surface area (Å²) in [6.07, 6.45) is -3.94. The summed E-state index contributed by atoms with van der Waals surface area (Å²) in [5, 5.41) is 0. The topological polar surface area (TPSA) is 48.4 Å². The predicted molar refractivity (Wildman–Crippen MR) is 82.0 cm³/mol. The normalized spacial score (nSPS) is 12.4. The fourth-order valence-electron chi connectivity index (χ4n) is 1.97. The Morgan fingerprint density at radius 1 is 1.26 bits per heavy atom. The van der Waals surface area contributed by atoms with E-state index < -0.39 is 37.9 Å². The molecule has 0 aliphatic heterocycles. The van der Waals surface area contributed by atoms with Crippen LogP contribution in [0.25, 0.3) is 0 Å². The number of alkyl halides is 3. The zero-order valence-corrected chi connectivity index (χ0v) is 15.1. The van der Waals surface area contributed by atoms with Crippen LogP contribution in [-0.2, 0) is 16.3 Å². The van der Waals surface area contributed by atoms with Crippen LogP contribution >= 0.6 is 0 Å². The molecule has 0 atom stereocenters. The molecule has 0 unspecified atom stereocenters. The standard InChI is InChI=1S/C15H21F3NO3Si/c1-7-21-13(20)10-11(22-23(5)6)9(15(16,17)18)8-19-12(10)14(2,3)4/h8H,7H2,1-6H3. The van der Waals surface area contributed by atoms with E-state index in [9.17, 15) is 18.0 Å². The summed E-state index contributed by atoms with van der Waals surface area (Å²) in [6, 6.07) is 0. The minimum absolute atomic E-state index is 0.0498. The molecule has 0 saturated heterocycles. The number of hydrogen-bond acceptors (Lipinski definition) is 4. The van der Waals surface area contributed by atoms with Crippen LogP contribution in [0.2, 0.25) is 13.1 Å².